The van der Waals surface area contributed by atoms with Crippen molar-refractivity contribution in [3.05, 3.63) is 23.3 Å². The first-order valence-electron chi connectivity index (χ1n) is 9.32. The zero-order chi connectivity index (χ0) is 19.6. The molecule has 7 heteroatoms. The highest BCUT2D eigenvalue weighted by Crippen LogP contribution is 2.35. The van der Waals surface area contributed by atoms with Crippen LogP contribution in [0.3, 0.4) is 0 Å². The fourth-order valence-corrected chi connectivity index (χ4v) is 4.15. The molecule has 27 heavy (non-hydrogen) atoms. The molecule has 2 fully saturated rings. The van der Waals surface area contributed by atoms with Crippen molar-refractivity contribution in [2.75, 3.05) is 33.9 Å². The van der Waals surface area contributed by atoms with Gasteiger partial charge in [0.1, 0.15) is 0 Å². The number of carbonyl (C=O) groups excluding carboxylic acids is 1. The topological polar surface area (TPSA) is 85.3 Å². The van der Waals surface area contributed by atoms with Gasteiger partial charge in [0.05, 0.1) is 26.2 Å². The number of carboxylic acid groups (broad SMARTS) is 1. The van der Waals surface area contributed by atoms with Crippen LogP contribution in [0.15, 0.2) is 12.1 Å². The van der Waals surface area contributed by atoms with Crippen molar-refractivity contribution in [3.63, 3.8) is 0 Å². The van der Waals surface area contributed by atoms with Crippen LogP contribution >= 0.6 is 0 Å². The molecule has 0 saturated carbocycles. The van der Waals surface area contributed by atoms with Crippen LogP contribution < -0.4 is 9.47 Å². The number of nitrogens with zero attached hydrogens (tertiary/aromatic N) is 1. The predicted octanol–water partition coefficient (Wildman–Crippen LogP) is 2.35. The summed E-state index contributed by atoms with van der Waals surface area (Å²) in [5.74, 6) is 0.0776. The fraction of sp³-hybridized carbons (Fsp3) is 0.600. The van der Waals surface area contributed by atoms with Gasteiger partial charge in [0, 0.05) is 25.3 Å². The van der Waals surface area contributed by atoms with Crippen LogP contribution in [0.4, 0.5) is 0 Å². The Bertz CT molecular complexity index is 711. The zero-order valence-electron chi connectivity index (χ0n) is 16.1. The van der Waals surface area contributed by atoms with E-state index >= 15 is 0 Å². The Morgan fingerprint density at radius 3 is 2.33 bits per heavy atom. The molecule has 0 aromatic heterocycles. The number of hydrogen-bond acceptors (Lipinski definition) is 5. The number of likely N-dealkylation sites (tertiary alicyclic amines) is 1. The standard InChI is InChI=1S/C20H27NO6/c1-12-10-16(25-2)17(26-3)11-15(12)19(22)21-7-4-13(5-8-21)18-14(20(23)24)6-9-27-18/h10-11,13-14,18H,4-9H2,1-3H3,(H,23,24)/t14?,18-/m0/s1. The van der Waals surface area contributed by atoms with Gasteiger partial charge in [-0.3, -0.25) is 9.59 Å². The molecule has 0 aliphatic carbocycles. The number of aliphatic carboxylic acids is 1. The lowest BCUT2D eigenvalue weighted by Crippen LogP contribution is -2.43. The molecule has 3 rings (SSSR count). The maximum Gasteiger partial charge on any atom is 0.309 e. The van der Waals surface area contributed by atoms with Crippen LogP contribution in [0, 0.1) is 18.8 Å². The summed E-state index contributed by atoms with van der Waals surface area (Å²) in [6.45, 7) is 3.59. The average Bonchev–Trinajstić information content (AvgIpc) is 3.17. The monoisotopic (exact) mass is 377 g/mol. The Morgan fingerprint density at radius 1 is 1.11 bits per heavy atom. The Kier molecular flexibility index (Phi) is 5.89. The number of aryl methyl sites for hydroxylation is 1. The first-order chi connectivity index (χ1) is 13.0. The Hall–Kier alpha value is -2.28. The molecule has 0 spiro atoms. The van der Waals surface area contributed by atoms with E-state index in [0.29, 0.717) is 43.2 Å². The van der Waals surface area contributed by atoms with Crippen molar-refractivity contribution in [2.45, 2.75) is 32.3 Å². The number of piperidine rings is 1. The Balaban J connectivity index is 1.68. The highest BCUT2D eigenvalue weighted by Gasteiger charge is 2.41. The largest absolute Gasteiger partial charge is 0.493 e. The third-order valence-corrected chi connectivity index (χ3v) is 5.71. The number of methoxy groups -OCH3 is 2. The van der Waals surface area contributed by atoms with E-state index in [1.165, 1.54) is 0 Å². The van der Waals surface area contributed by atoms with Crippen LogP contribution in [0.25, 0.3) is 0 Å². The summed E-state index contributed by atoms with van der Waals surface area (Å²) in [6.07, 6.45) is 1.85. The lowest BCUT2D eigenvalue weighted by atomic mass is 9.84. The molecule has 0 radical (unpaired) electrons. The second-order valence-electron chi connectivity index (χ2n) is 7.22. The zero-order valence-corrected chi connectivity index (χ0v) is 16.1. The van der Waals surface area contributed by atoms with E-state index in [0.717, 1.165) is 18.4 Å². The number of amides is 1. The highest BCUT2D eigenvalue weighted by atomic mass is 16.5. The van der Waals surface area contributed by atoms with Crippen molar-refractivity contribution in [3.8, 4) is 11.5 Å². The second kappa shape index (κ2) is 8.17. The number of carbonyl (C=O) groups is 2. The van der Waals surface area contributed by atoms with Gasteiger partial charge >= 0.3 is 5.97 Å². The molecule has 0 bridgehead atoms. The van der Waals surface area contributed by atoms with Crippen LogP contribution in [0.5, 0.6) is 11.5 Å². The van der Waals surface area contributed by atoms with E-state index < -0.39 is 11.9 Å². The van der Waals surface area contributed by atoms with Crippen molar-refractivity contribution < 1.29 is 28.9 Å². The molecule has 2 atom stereocenters. The summed E-state index contributed by atoms with van der Waals surface area (Å²) in [5.41, 5.74) is 1.44. The molecular weight excluding hydrogens is 350 g/mol. The molecular formula is C20H27NO6. The molecule has 148 valence electrons. The summed E-state index contributed by atoms with van der Waals surface area (Å²) < 4.78 is 16.3. The van der Waals surface area contributed by atoms with Gasteiger partial charge in [0.15, 0.2) is 11.5 Å². The van der Waals surface area contributed by atoms with Crippen LogP contribution in [0.2, 0.25) is 0 Å². The summed E-state index contributed by atoms with van der Waals surface area (Å²) >= 11 is 0. The Labute approximate surface area is 159 Å². The van der Waals surface area contributed by atoms with Crippen molar-refractivity contribution >= 4 is 11.9 Å². The summed E-state index contributed by atoms with van der Waals surface area (Å²) in [7, 11) is 3.12. The summed E-state index contributed by atoms with van der Waals surface area (Å²) in [5, 5.41) is 9.36. The average molecular weight is 377 g/mol. The lowest BCUT2D eigenvalue weighted by Gasteiger charge is -2.35. The van der Waals surface area contributed by atoms with Gasteiger partial charge in [-0.2, -0.15) is 0 Å². The number of ether oxygens (including phenoxy) is 3. The van der Waals surface area contributed by atoms with Crippen LogP contribution in [0.1, 0.15) is 35.2 Å². The van der Waals surface area contributed by atoms with E-state index in [4.69, 9.17) is 14.2 Å². The minimum absolute atomic E-state index is 0.0333. The van der Waals surface area contributed by atoms with Crippen molar-refractivity contribution in [1.82, 2.24) is 4.90 Å². The van der Waals surface area contributed by atoms with Crippen LogP contribution in [-0.2, 0) is 9.53 Å². The highest BCUT2D eigenvalue weighted by molar-refractivity contribution is 5.96. The van der Waals surface area contributed by atoms with E-state index in [-0.39, 0.29) is 17.9 Å². The normalized spacial score (nSPS) is 23.3. The van der Waals surface area contributed by atoms with Gasteiger partial charge in [-0.1, -0.05) is 0 Å². The van der Waals surface area contributed by atoms with Gasteiger partial charge in [-0.05, 0) is 49.8 Å². The van der Waals surface area contributed by atoms with E-state index in [9.17, 15) is 14.7 Å². The van der Waals surface area contributed by atoms with E-state index in [1.807, 2.05) is 17.9 Å². The summed E-state index contributed by atoms with van der Waals surface area (Å²) in [6, 6.07) is 3.53. The smallest absolute Gasteiger partial charge is 0.309 e. The minimum atomic E-state index is -0.781. The molecule has 2 heterocycles. The molecule has 1 N–H and O–H groups in total. The number of hydrogen-bond donors (Lipinski definition) is 1. The molecule has 2 aliphatic rings. The van der Waals surface area contributed by atoms with Crippen LogP contribution in [-0.4, -0.2) is 61.9 Å². The minimum Gasteiger partial charge on any atom is -0.493 e. The maximum atomic E-state index is 13.0. The fourth-order valence-electron chi connectivity index (χ4n) is 4.15. The van der Waals surface area contributed by atoms with Gasteiger partial charge in [0.25, 0.3) is 5.91 Å². The van der Waals surface area contributed by atoms with Crippen molar-refractivity contribution in [2.24, 2.45) is 11.8 Å². The first-order valence-corrected chi connectivity index (χ1v) is 9.32. The number of benzene rings is 1. The summed E-state index contributed by atoms with van der Waals surface area (Å²) in [4.78, 5) is 26.2. The lowest BCUT2D eigenvalue weighted by molar-refractivity contribution is -0.145. The number of carboxylic acids is 1. The maximum absolute atomic E-state index is 13.0. The van der Waals surface area contributed by atoms with E-state index in [2.05, 4.69) is 0 Å². The third kappa shape index (κ3) is 3.88. The molecule has 1 aromatic rings. The van der Waals surface area contributed by atoms with E-state index in [1.54, 1.807) is 20.3 Å². The predicted molar refractivity (Wildman–Crippen MR) is 98.4 cm³/mol. The Morgan fingerprint density at radius 2 is 1.74 bits per heavy atom. The van der Waals surface area contributed by atoms with Gasteiger partial charge in [-0.15, -0.1) is 0 Å². The molecule has 1 amide bonds. The third-order valence-electron chi connectivity index (χ3n) is 5.71. The van der Waals surface area contributed by atoms with Gasteiger partial charge in [0.2, 0.25) is 0 Å². The van der Waals surface area contributed by atoms with Gasteiger partial charge < -0.3 is 24.2 Å². The second-order valence-corrected chi connectivity index (χ2v) is 7.22. The molecule has 2 saturated heterocycles. The molecule has 1 aromatic carbocycles. The molecule has 2 aliphatic heterocycles. The molecule has 7 nitrogen and oxygen atoms in total. The first kappa shape index (κ1) is 19.5. The SMILES string of the molecule is COc1cc(C)c(C(=O)N2CCC([C@@H]3OCCC3C(=O)O)CC2)cc1OC. The molecule has 1 unspecified atom stereocenters. The van der Waals surface area contributed by atoms with Crippen molar-refractivity contribution in [1.29, 1.82) is 0 Å². The van der Waals surface area contributed by atoms with Gasteiger partial charge in [-0.25, -0.2) is 0 Å². The number of rotatable bonds is 5. The quantitative estimate of drug-likeness (QED) is 0.848.